The van der Waals surface area contributed by atoms with E-state index in [1.165, 1.54) is 17.7 Å². The van der Waals surface area contributed by atoms with Crippen molar-refractivity contribution in [3.63, 3.8) is 0 Å². The molecule has 1 fully saturated rings. The summed E-state index contributed by atoms with van der Waals surface area (Å²) in [5.41, 5.74) is 2.75. The standard InChI is InChI=1S/C16H26BrN3/c1-5-14-11-20(9-8-19(14)4)16-7-6-13(17)10-15(16)12(2)18-3/h6-7,10,12,14,18H,5,8-9,11H2,1-4H3. The minimum atomic E-state index is 0.363. The number of rotatable bonds is 4. The molecule has 2 unspecified atom stereocenters. The van der Waals surface area contributed by atoms with E-state index in [0.717, 1.165) is 24.1 Å². The summed E-state index contributed by atoms with van der Waals surface area (Å²) in [5, 5.41) is 3.36. The van der Waals surface area contributed by atoms with Crippen molar-refractivity contribution in [2.75, 3.05) is 38.6 Å². The molecule has 0 amide bonds. The second kappa shape index (κ2) is 6.92. The molecule has 1 aromatic rings. The highest BCUT2D eigenvalue weighted by molar-refractivity contribution is 9.10. The van der Waals surface area contributed by atoms with Gasteiger partial charge in [0.1, 0.15) is 0 Å². The molecule has 1 aliphatic rings. The molecular weight excluding hydrogens is 314 g/mol. The number of nitrogens with zero attached hydrogens (tertiary/aromatic N) is 2. The van der Waals surface area contributed by atoms with Gasteiger partial charge in [0.2, 0.25) is 0 Å². The highest BCUT2D eigenvalue weighted by Gasteiger charge is 2.25. The molecule has 0 aromatic heterocycles. The van der Waals surface area contributed by atoms with Crippen LogP contribution in [0.1, 0.15) is 31.9 Å². The van der Waals surface area contributed by atoms with Crippen LogP contribution in [0.15, 0.2) is 22.7 Å². The lowest BCUT2D eigenvalue weighted by Gasteiger charge is -2.41. The summed E-state index contributed by atoms with van der Waals surface area (Å²) >= 11 is 3.60. The van der Waals surface area contributed by atoms with Crippen molar-refractivity contribution in [3.05, 3.63) is 28.2 Å². The van der Waals surface area contributed by atoms with Gasteiger partial charge in [0.05, 0.1) is 0 Å². The number of piperazine rings is 1. The van der Waals surface area contributed by atoms with E-state index in [1.54, 1.807) is 0 Å². The van der Waals surface area contributed by atoms with Gasteiger partial charge in [0.25, 0.3) is 0 Å². The average molecular weight is 340 g/mol. The Balaban J connectivity index is 2.28. The number of anilines is 1. The van der Waals surface area contributed by atoms with Crippen molar-refractivity contribution >= 4 is 21.6 Å². The molecule has 1 aromatic carbocycles. The predicted octanol–water partition coefficient (Wildman–Crippen LogP) is 3.26. The Labute approximate surface area is 131 Å². The molecule has 3 nitrogen and oxygen atoms in total. The van der Waals surface area contributed by atoms with Crippen LogP contribution in [-0.2, 0) is 0 Å². The minimum Gasteiger partial charge on any atom is -0.368 e. The summed E-state index contributed by atoms with van der Waals surface area (Å²) in [6.45, 7) is 7.88. The Bertz CT molecular complexity index is 449. The van der Waals surface area contributed by atoms with Crippen LogP contribution in [0.25, 0.3) is 0 Å². The van der Waals surface area contributed by atoms with Crippen molar-refractivity contribution in [3.8, 4) is 0 Å². The first-order valence-corrected chi connectivity index (χ1v) is 8.28. The second-order valence-corrected chi connectivity index (χ2v) is 6.62. The number of nitrogens with one attached hydrogen (secondary N) is 1. The van der Waals surface area contributed by atoms with Gasteiger partial charge in [-0.15, -0.1) is 0 Å². The molecule has 1 saturated heterocycles. The average Bonchev–Trinajstić information content (AvgIpc) is 2.47. The monoisotopic (exact) mass is 339 g/mol. The number of likely N-dealkylation sites (N-methyl/N-ethyl adjacent to an activating group) is 1. The fraction of sp³-hybridized carbons (Fsp3) is 0.625. The van der Waals surface area contributed by atoms with Gasteiger partial charge in [0.15, 0.2) is 0 Å². The fourth-order valence-corrected chi connectivity index (χ4v) is 3.30. The lowest BCUT2D eigenvalue weighted by molar-refractivity contribution is 0.213. The van der Waals surface area contributed by atoms with Crippen molar-refractivity contribution in [1.82, 2.24) is 10.2 Å². The topological polar surface area (TPSA) is 18.5 Å². The first-order valence-electron chi connectivity index (χ1n) is 7.48. The van der Waals surface area contributed by atoms with Crippen LogP contribution in [0, 0.1) is 0 Å². The highest BCUT2D eigenvalue weighted by atomic mass is 79.9. The zero-order valence-electron chi connectivity index (χ0n) is 13.0. The number of hydrogen-bond donors (Lipinski definition) is 1. The van der Waals surface area contributed by atoms with E-state index >= 15 is 0 Å². The third-order valence-electron chi connectivity index (χ3n) is 4.48. The van der Waals surface area contributed by atoms with E-state index in [1.807, 2.05) is 7.05 Å². The van der Waals surface area contributed by atoms with Gasteiger partial charge in [-0.05, 0) is 51.2 Å². The van der Waals surface area contributed by atoms with Gasteiger partial charge in [0, 0.05) is 41.9 Å². The molecule has 1 aliphatic heterocycles. The van der Waals surface area contributed by atoms with Gasteiger partial charge >= 0.3 is 0 Å². The van der Waals surface area contributed by atoms with Gasteiger partial charge in [-0.1, -0.05) is 22.9 Å². The van der Waals surface area contributed by atoms with Crippen LogP contribution in [0.2, 0.25) is 0 Å². The van der Waals surface area contributed by atoms with Crippen LogP contribution in [0.5, 0.6) is 0 Å². The Morgan fingerprint density at radius 2 is 2.15 bits per heavy atom. The molecule has 2 rings (SSSR count). The molecule has 4 heteroatoms. The molecule has 0 radical (unpaired) electrons. The minimum absolute atomic E-state index is 0.363. The Morgan fingerprint density at radius 3 is 2.80 bits per heavy atom. The summed E-state index contributed by atoms with van der Waals surface area (Å²) in [5.74, 6) is 0. The largest absolute Gasteiger partial charge is 0.368 e. The van der Waals surface area contributed by atoms with E-state index in [-0.39, 0.29) is 0 Å². The summed E-state index contributed by atoms with van der Waals surface area (Å²) in [6, 6.07) is 7.68. The highest BCUT2D eigenvalue weighted by Crippen LogP contribution is 2.31. The van der Waals surface area contributed by atoms with Crippen molar-refractivity contribution < 1.29 is 0 Å². The van der Waals surface area contributed by atoms with Gasteiger partial charge in [-0.25, -0.2) is 0 Å². The first kappa shape index (κ1) is 15.8. The summed E-state index contributed by atoms with van der Waals surface area (Å²) in [6.07, 6.45) is 1.21. The predicted molar refractivity (Wildman–Crippen MR) is 90.5 cm³/mol. The quantitative estimate of drug-likeness (QED) is 0.908. The van der Waals surface area contributed by atoms with Crippen molar-refractivity contribution in [2.45, 2.75) is 32.4 Å². The van der Waals surface area contributed by atoms with Crippen molar-refractivity contribution in [1.29, 1.82) is 0 Å². The zero-order chi connectivity index (χ0) is 14.7. The molecule has 0 saturated carbocycles. The summed E-state index contributed by atoms with van der Waals surface area (Å²) in [7, 11) is 4.26. The van der Waals surface area contributed by atoms with E-state index in [2.05, 4.69) is 70.1 Å². The first-order chi connectivity index (χ1) is 9.56. The zero-order valence-corrected chi connectivity index (χ0v) is 14.6. The van der Waals surface area contributed by atoms with E-state index in [0.29, 0.717) is 12.1 Å². The molecular formula is C16H26BrN3. The van der Waals surface area contributed by atoms with Gasteiger partial charge in [-0.2, -0.15) is 0 Å². The molecule has 2 atom stereocenters. The fourth-order valence-electron chi connectivity index (χ4n) is 2.92. The van der Waals surface area contributed by atoms with Crippen LogP contribution < -0.4 is 10.2 Å². The number of benzene rings is 1. The van der Waals surface area contributed by atoms with E-state index < -0.39 is 0 Å². The van der Waals surface area contributed by atoms with E-state index in [9.17, 15) is 0 Å². The van der Waals surface area contributed by atoms with Crippen LogP contribution in [0.4, 0.5) is 5.69 Å². The number of hydrogen-bond acceptors (Lipinski definition) is 3. The maximum absolute atomic E-state index is 3.60. The number of halogens is 1. The molecule has 1 N–H and O–H groups in total. The van der Waals surface area contributed by atoms with Gasteiger partial charge < -0.3 is 10.2 Å². The second-order valence-electron chi connectivity index (χ2n) is 5.70. The molecule has 20 heavy (non-hydrogen) atoms. The lowest BCUT2D eigenvalue weighted by atomic mass is 10.0. The Kier molecular flexibility index (Phi) is 5.47. The SMILES string of the molecule is CCC1CN(c2ccc(Br)cc2C(C)NC)CCN1C. The normalized spacial score (nSPS) is 22.1. The molecule has 0 aliphatic carbocycles. The molecule has 0 spiro atoms. The molecule has 112 valence electrons. The van der Waals surface area contributed by atoms with Crippen LogP contribution in [-0.4, -0.2) is 44.7 Å². The summed E-state index contributed by atoms with van der Waals surface area (Å²) < 4.78 is 1.15. The Morgan fingerprint density at radius 1 is 1.40 bits per heavy atom. The van der Waals surface area contributed by atoms with Crippen molar-refractivity contribution in [2.24, 2.45) is 0 Å². The maximum Gasteiger partial charge on any atom is 0.0416 e. The van der Waals surface area contributed by atoms with Gasteiger partial charge in [-0.3, -0.25) is 4.90 Å². The van der Waals surface area contributed by atoms with Crippen LogP contribution in [0.3, 0.4) is 0 Å². The third kappa shape index (κ3) is 3.35. The van der Waals surface area contributed by atoms with E-state index in [4.69, 9.17) is 0 Å². The summed E-state index contributed by atoms with van der Waals surface area (Å²) in [4.78, 5) is 5.03. The maximum atomic E-state index is 3.60. The third-order valence-corrected chi connectivity index (χ3v) is 4.97. The molecule has 1 heterocycles. The Hall–Kier alpha value is -0.580. The molecule has 0 bridgehead atoms. The van der Waals surface area contributed by atoms with Crippen LogP contribution >= 0.6 is 15.9 Å². The lowest BCUT2D eigenvalue weighted by Crippen LogP contribution is -2.51. The smallest absolute Gasteiger partial charge is 0.0416 e.